The third kappa shape index (κ3) is 3.17. The van der Waals surface area contributed by atoms with Crippen LogP contribution in [0.2, 0.25) is 0 Å². The van der Waals surface area contributed by atoms with Crippen LogP contribution in [0.5, 0.6) is 5.75 Å². The lowest BCUT2D eigenvalue weighted by atomic mass is 10.1. The van der Waals surface area contributed by atoms with E-state index in [4.69, 9.17) is 4.98 Å². The third-order valence-electron chi connectivity index (χ3n) is 4.40. The maximum Gasteiger partial charge on any atom is 0.276 e. The first kappa shape index (κ1) is 17.2. The molecule has 0 atom stereocenters. The molecule has 4 rings (SSSR count). The molecule has 0 fully saturated rings. The minimum Gasteiger partial charge on any atom is -0.507 e. The first-order chi connectivity index (χ1) is 13.0. The zero-order chi connectivity index (χ0) is 19.0. The molecular formula is C22H18N2O2S. The maximum absolute atomic E-state index is 13.2. The van der Waals surface area contributed by atoms with Gasteiger partial charge in [-0.2, -0.15) is 0 Å². The van der Waals surface area contributed by atoms with E-state index in [9.17, 15) is 9.90 Å². The molecule has 0 saturated carbocycles. The molecular weight excluding hydrogens is 356 g/mol. The quantitative estimate of drug-likeness (QED) is 0.553. The molecule has 134 valence electrons. The van der Waals surface area contributed by atoms with Gasteiger partial charge in [0, 0.05) is 10.4 Å². The van der Waals surface area contributed by atoms with Crippen molar-refractivity contribution in [2.75, 3.05) is 0 Å². The van der Waals surface area contributed by atoms with Gasteiger partial charge < -0.3 is 5.11 Å². The highest BCUT2D eigenvalue weighted by Crippen LogP contribution is 2.24. The number of hydrogen-bond donors (Lipinski definition) is 1. The van der Waals surface area contributed by atoms with E-state index in [0.717, 1.165) is 16.1 Å². The Labute approximate surface area is 160 Å². The van der Waals surface area contributed by atoms with Crippen molar-refractivity contribution in [1.29, 1.82) is 0 Å². The number of aromatic hydroxyl groups is 1. The Kier molecular flexibility index (Phi) is 4.38. The Balaban J connectivity index is 1.98. The molecule has 4 aromatic rings. The summed E-state index contributed by atoms with van der Waals surface area (Å²) in [7, 11) is 0. The Bertz CT molecular complexity index is 1230. The van der Waals surface area contributed by atoms with Gasteiger partial charge >= 0.3 is 0 Å². The van der Waals surface area contributed by atoms with Crippen molar-refractivity contribution in [3.8, 4) is 11.4 Å². The van der Waals surface area contributed by atoms with E-state index in [1.54, 1.807) is 28.9 Å². The van der Waals surface area contributed by atoms with E-state index >= 15 is 0 Å². The van der Waals surface area contributed by atoms with Crippen LogP contribution in [0.15, 0.2) is 59.4 Å². The molecule has 0 aliphatic heterocycles. The first-order valence-electron chi connectivity index (χ1n) is 8.60. The van der Waals surface area contributed by atoms with E-state index in [0.29, 0.717) is 21.6 Å². The smallest absolute Gasteiger partial charge is 0.276 e. The van der Waals surface area contributed by atoms with Gasteiger partial charge in [-0.3, -0.25) is 9.36 Å². The minimum absolute atomic E-state index is 0.0793. The summed E-state index contributed by atoms with van der Waals surface area (Å²) in [5.74, 6) is 0.717. The Hall–Kier alpha value is -3.18. The fourth-order valence-corrected chi connectivity index (χ4v) is 3.95. The summed E-state index contributed by atoms with van der Waals surface area (Å²) in [5, 5.41) is 10.0. The van der Waals surface area contributed by atoms with Gasteiger partial charge in [0.25, 0.3) is 5.56 Å². The van der Waals surface area contributed by atoms with Crippen molar-refractivity contribution < 1.29 is 5.11 Å². The van der Waals surface area contributed by atoms with Gasteiger partial charge in [-0.1, -0.05) is 36.4 Å². The topological polar surface area (TPSA) is 55.1 Å². The lowest BCUT2D eigenvalue weighted by Gasteiger charge is -2.12. The Morgan fingerprint density at radius 2 is 1.78 bits per heavy atom. The van der Waals surface area contributed by atoms with Crippen molar-refractivity contribution in [2.45, 2.75) is 13.8 Å². The lowest BCUT2D eigenvalue weighted by molar-refractivity contribution is 0.474. The summed E-state index contributed by atoms with van der Waals surface area (Å²) in [6.07, 6.45) is 3.55. The van der Waals surface area contributed by atoms with Gasteiger partial charge in [-0.15, -0.1) is 11.3 Å². The summed E-state index contributed by atoms with van der Waals surface area (Å²) < 4.78 is 2.29. The highest BCUT2D eigenvalue weighted by atomic mass is 32.1. The molecule has 0 bridgehead atoms. The van der Waals surface area contributed by atoms with Gasteiger partial charge in [-0.05, 0) is 49.8 Å². The van der Waals surface area contributed by atoms with E-state index in [2.05, 4.69) is 0 Å². The molecule has 5 heteroatoms. The Morgan fingerprint density at radius 1 is 1.04 bits per heavy atom. The van der Waals surface area contributed by atoms with Gasteiger partial charge in [0.15, 0.2) is 0 Å². The molecule has 27 heavy (non-hydrogen) atoms. The summed E-state index contributed by atoms with van der Waals surface area (Å²) in [5.41, 5.74) is 3.09. The van der Waals surface area contributed by atoms with Crippen molar-refractivity contribution in [3.05, 3.63) is 86.8 Å². The largest absolute Gasteiger partial charge is 0.507 e. The summed E-state index contributed by atoms with van der Waals surface area (Å²) in [6, 6.07) is 16.8. The minimum atomic E-state index is -0.0793. The van der Waals surface area contributed by atoms with E-state index in [1.807, 2.05) is 56.3 Å². The molecule has 0 aliphatic rings. The second kappa shape index (κ2) is 6.85. The molecule has 0 saturated heterocycles. The average Bonchev–Trinajstić information content (AvgIpc) is 3.03. The zero-order valence-electron chi connectivity index (χ0n) is 15.0. The highest BCUT2D eigenvalue weighted by Gasteiger charge is 2.14. The molecule has 0 radical (unpaired) electrons. The molecule has 0 spiro atoms. The molecule has 2 aromatic heterocycles. The SMILES string of the molecule is Cc1cc2nc(/C=C/c3ccccc3O)n(-c3ccccc3C)c(=O)c2s1. The lowest BCUT2D eigenvalue weighted by Crippen LogP contribution is -2.22. The van der Waals surface area contributed by atoms with Gasteiger partial charge in [-0.25, -0.2) is 4.98 Å². The number of fused-ring (bicyclic) bond motifs is 1. The molecule has 4 nitrogen and oxygen atoms in total. The number of thiophene rings is 1. The highest BCUT2D eigenvalue weighted by molar-refractivity contribution is 7.18. The van der Waals surface area contributed by atoms with Crippen LogP contribution in [-0.4, -0.2) is 14.7 Å². The Morgan fingerprint density at radius 3 is 2.56 bits per heavy atom. The van der Waals surface area contributed by atoms with Crippen LogP contribution < -0.4 is 5.56 Å². The maximum atomic E-state index is 13.2. The number of phenolic OH excluding ortho intramolecular Hbond substituents is 1. The molecule has 1 N–H and O–H groups in total. The van der Waals surface area contributed by atoms with E-state index in [-0.39, 0.29) is 11.3 Å². The molecule has 0 aliphatic carbocycles. The van der Waals surface area contributed by atoms with Crippen LogP contribution in [-0.2, 0) is 0 Å². The van der Waals surface area contributed by atoms with Crippen LogP contribution in [0.1, 0.15) is 21.8 Å². The fourth-order valence-electron chi connectivity index (χ4n) is 3.07. The monoisotopic (exact) mass is 374 g/mol. The number of aryl methyl sites for hydroxylation is 2. The third-order valence-corrected chi connectivity index (χ3v) is 5.43. The van der Waals surface area contributed by atoms with E-state index in [1.165, 1.54) is 11.3 Å². The van der Waals surface area contributed by atoms with Crippen molar-refractivity contribution >= 4 is 33.7 Å². The summed E-state index contributed by atoms with van der Waals surface area (Å²) >= 11 is 1.46. The predicted octanol–water partition coefficient (Wildman–Crippen LogP) is 4.94. The van der Waals surface area contributed by atoms with Crippen LogP contribution in [0.25, 0.3) is 28.1 Å². The van der Waals surface area contributed by atoms with Gasteiger partial charge in [0.05, 0.1) is 11.2 Å². The summed E-state index contributed by atoms with van der Waals surface area (Å²) in [4.78, 5) is 19.0. The van der Waals surface area contributed by atoms with Crippen LogP contribution >= 0.6 is 11.3 Å². The van der Waals surface area contributed by atoms with Crippen LogP contribution in [0, 0.1) is 13.8 Å². The molecule has 0 unspecified atom stereocenters. The van der Waals surface area contributed by atoms with Crippen molar-refractivity contribution in [2.24, 2.45) is 0 Å². The predicted molar refractivity (Wildman–Crippen MR) is 112 cm³/mol. The van der Waals surface area contributed by atoms with Gasteiger partial charge in [0.1, 0.15) is 16.3 Å². The van der Waals surface area contributed by atoms with E-state index < -0.39 is 0 Å². The molecule has 2 aromatic carbocycles. The number of aromatic nitrogens is 2. The van der Waals surface area contributed by atoms with Crippen molar-refractivity contribution in [3.63, 3.8) is 0 Å². The second-order valence-electron chi connectivity index (χ2n) is 6.36. The molecule has 2 heterocycles. The van der Waals surface area contributed by atoms with Crippen LogP contribution in [0.3, 0.4) is 0 Å². The average molecular weight is 374 g/mol. The van der Waals surface area contributed by atoms with Crippen LogP contribution in [0.4, 0.5) is 0 Å². The number of hydrogen-bond acceptors (Lipinski definition) is 4. The normalized spacial score (nSPS) is 11.5. The number of phenols is 1. The number of para-hydroxylation sites is 2. The number of benzene rings is 2. The standard InChI is InChI=1S/C22H18N2O2S/c1-14-7-3-5-9-18(14)24-20(12-11-16-8-4-6-10-19(16)25)23-17-13-15(2)27-21(17)22(24)26/h3-13,25H,1-2H3/b12-11+. The number of nitrogens with zero attached hydrogens (tertiary/aromatic N) is 2. The zero-order valence-corrected chi connectivity index (χ0v) is 15.8. The number of rotatable bonds is 3. The second-order valence-corrected chi connectivity index (χ2v) is 7.62. The summed E-state index contributed by atoms with van der Waals surface area (Å²) in [6.45, 7) is 3.95. The fraction of sp³-hybridized carbons (Fsp3) is 0.0909. The molecule has 0 amide bonds. The van der Waals surface area contributed by atoms with Crippen molar-refractivity contribution in [1.82, 2.24) is 9.55 Å². The first-order valence-corrected chi connectivity index (χ1v) is 9.41. The van der Waals surface area contributed by atoms with Gasteiger partial charge in [0.2, 0.25) is 0 Å².